The molecule has 0 amide bonds. The van der Waals surface area contributed by atoms with Gasteiger partial charge in [0.2, 0.25) is 0 Å². The third-order valence-electron chi connectivity index (χ3n) is 3.78. The number of guanidine groups is 1. The summed E-state index contributed by atoms with van der Waals surface area (Å²) in [5.74, 6) is 0.446. The Kier molecular flexibility index (Phi) is 6.97. The van der Waals surface area contributed by atoms with Gasteiger partial charge in [-0.3, -0.25) is 9.79 Å². The predicted octanol–water partition coefficient (Wildman–Crippen LogP) is 1.31. The van der Waals surface area contributed by atoms with E-state index in [0.717, 1.165) is 13.0 Å². The van der Waals surface area contributed by atoms with E-state index >= 15 is 0 Å². The van der Waals surface area contributed by atoms with E-state index in [1.54, 1.807) is 19.3 Å². The zero-order valence-corrected chi connectivity index (χ0v) is 15.0. The zero-order chi connectivity index (χ0) is 18.2. The highest BCUT2D eigenvalue weighted by atomic mass is 19.1. The predicted molar refractivity (Wildman–Crippen MR) is 95.2 cm³/mol. The summed E-state index contributed by atoms with van der Waals surface area (Å²) in [6, 6.07) is 3.13. The molecule has 1 saturated heterocycles. The van der Waals surface area contributed by atoms with Gasteiger partial charge in [-0.05, 0) is 32.4 Å². The first-order valence-corrected chi connectivity index (χ1v) is 8.51. The number of carbonyl (C=O) groups excluding carboxylic acids is 1. The molecule has 1 fully saturated rings. The van der Waals surface area contributed by atoms with E-state index in [2.05, 4.69) is 20.6 Å². The first-order chi connectivity index (χ1) is 12.0. The lowest BCUT2D eigenvalue weighted by molar-refractivity contribution is -0.147. The summed E-state index contributed by atoms with van der Waals surface area (Å²) in [7, 11) is 1.67. The number of rotatable bonds is 6. The van der Waals surface area contributed by atoms with Crippen LogP contribution in [0.5, 0.6) is 0 Å². The first-order valence-electron chi connectivity index (χ1n) is 8.51. The smallest absolute Gasteiger partial charge is 0.307 e. The van der Waals surface area contributed by atoms with Crippen LogP contribution >= 0.6 is 0 Å². The van der Waals surface area contributed by atoms with E-state index in [9.17, 15) is 9.18 Å². The van der Waals surface area contributed by atoms with Crippen molar-refractivity contribution in [3.8, 4) is 0 Å². The molecule has 1 aliphatic rings. The van der Waals surface area contributed by atoms with Crippen LogP contribution in [0.3, 0.4) is 0 Å². The Morgan fingerprint density at radius 1 is 1.56 bits per heavy atom. The number of hydrogen-bond donors (Lipinski definition) is 2. The van der Waals surface area contributed by atoms with Crippen molar-refractivity contribution >= 4 is 17.7 Å². The molecule has 1 aromatic heterocycles. The lowest BCUT2D eigenvalue weighted by atomic mass is 10.3. The lowest BCUT2D eigenvalue weighted by Gasteiger charge is -2.20. The Bertz CT molecular complexity index is 608. The SMILES string of the molecule is CN=C(NCCC(=O)OC(C)C)NC1CCN(c2ncccc2F)C1. The molecule has 138 valence electrons. The molecule has 7 nitrogen and oxygen atoms in total. The minimum atomic E-state index is -0.311. The Morgan fingerprint density at radius 2 is 2.36 bits per heavy atom. The fourth-order valence-corrected chi connectivity index (χ4v) is 2.67. The number of nitrogens with one attached hydrogen (secondary N) is 2. The van der Waals surface area contributed by atoms with E-state index in [1.807, 2.05) is 18.7 Å². The Balaban J connectivity index is 1.77. The van der Waals surface area contributed by atoms with Gasteiger partial charge in [-0.15, -0.1) is 0 Å². The quantitative estimate of drug-likeness (QED) is 0.457. The van der Waals surface area contributed by atoms with Crippen molar-refractivity contribution in [3.63, 3.8) is 0 Å². The van der Waals surface area contributed by atoms with Crippen molar-refractivity contribution in [2.45, 2.75) is 38.8 Å². The van der Waals surface area contributed by atoms with Gasteiger partial charge in [0, 0.05) is 38.9 Å². The normalized spacial score (nSPS) is 17.7. The summed E-state index contributed by atoms with van der Waals surface area (Å²) in [5.41, 5.74) is 0. The lowest BCUT2D eigenvalue weighted by Crippen LogP contribution is -2.45. The number of halogens is 1. The molecular formula is C17H26FN5O2. The number of nitrogens with zero attached hydrogens (tertiary/aromatic N) is 3. The number of aliphatic imine (C=N–C) groups is 1. The molecule has 8 heteroatoms. The molecular weight excluding hydrogens is 325 g/mol. The summed E-state index contributed by atoms with van der Waals surface area (Å²) in [4.78, 5) is 21.7. The van der Waals surface area contributed by atoms with Crippen molar-refractivity contribution in [1.82, 2.24) is 15.6 Å². The number of aromatic nitrogens is 1. The summed E-state index contributed by atoms with van der Waals surface area (Å²) >= 11 is 0. The molecule has 1 unspecified atom stereocenters. The van der Waals surface area contributed by atoms with Gasteiger partial charge in [0.1, 0.15) is 0 Å². The molecule has 0 aromatic carbocycles. The average Bonchev–Trinajstić information content (AvgIpc) is 3.02. The summed E-state index contributed by atoms with van der Waals surface area (Å²) in [6.07, 6.45) is 2.61. The molecule has 25 heavy (non-hydrogen) atoms. The molecule has 0 bridgehead atoms. The van der Waals surface area contributed by atoms with Crippen molar-refractivity contribution < 1.29 is 13.9 Å². The van der Waals surface area contributed by atoms with Gasteiger partial charge in [0.15, 0.2) is 17.6 Å². The van der Waals surface area contributed by atoms with E-state index in [4.69, 9.17) is 4.74 Å². The molecule has 2 N–H and O–H groups in total. The van der Waals surface area contributed by atoms with Crippen molar-refractivity contribution in [2.75, 3.05) is 31.6 Å². The maximum Gasteiger partial charge on any atom is 0.307 e. The number of hydrogen-bond acceptors (Lipinski definition) is 5. The van der Waals surface area contributed by atoms with Crippen LogP contribution in [0.25, 0.3) is 0 Å². The summed E-state index contributed by atoms with van der Waals surface area (Å²) in [6.45, 7) is 5.45. The van der Waals surface area contributed by atoms with Gasteiger partial charge < -0.3 is 20.3 Å². The van der Waals surface area contributed by atoms with Crippen LogP contribution in [0, 0.1) is 5.82 Å². The number of pyridine rings is 1. The van der Waals surface area contributed by atoms with Crippen LogP contribution in [-0.4, -0.2) is 55.7 Å². The van der Waals surface area contributed by atoms with Gasteiger partial charge in [0.05, 0.1) is 12.5 Å². The molecule has 1 aliphatic heterocycles. The second-order valence-electron chi connectivity index (χ2n) is 6.17. The fourth-order valence-electron chi connectivity index (χ4n) is 2.67. The second kappa shape index (κ2) is 9.19. The van der Waals surface area contributed by atoms with Crippen molar-refractivity contribution in [1.29, 1.82) is 0 Å². The zero-order valence-electron chi connectivity index (χ0n) is 15.0. The third-order valence-corrected chi connectivity index (χ3v) is 3.78. The van der Waals surface area contributed by atoms with Crippen molar-refractivity contribution in [2.24, 2.45) is 4.99 Å². The first kappa shape index (κ1) is 19.0. The average molecular weight is 351 g/mol. The molecule has 2 rings (SSSR count). The Hall–Kier alpha value is -2.38. The van der Waals surface area contributed by atoms with E-state index in [0.29, 0.717) is 24.9 Å². The summed E-state index contributed by atoms with van der Waals surface area (Å²) < 4.78 is 18.9. The molecule has 2 heterocycles. The third kappa shape index (κ3) is 5.88. The van der Waals surface area contributed by atoms with E-state index < -0.39 is 0 Å². The maximum absolute atomic E-state index is 13.8. The van der Waals surface area contributed by atoms with Crippen molar-refractivity contribution in [3.05, 3.63) is 24.1 Å². The summed E-state index contributed by atoms with van der Waals surface area (Å²) in [5, 5.41) is 6.39. The molecule has 1 atom stereocenters. The monoisotopic (exact) mass is 351 g/mol. The molecule has 0 aliphatic carbocycles. The van der Waals surface area contributed by atoms with Gasteiger partial charge >= 0.3 is 5.97 Å². The Labute approximate surface area is 147 Å². The minimum absolute atomic E-state index is 0.110. The molecule has 1 aromatic rings. The highest BCUT2D eigenvalue weighted by Crippen LogP contribution is 2.20. The highest BCUT2D eigenvalue weighted by Gasteiger charge is 2.25. The highest BCUT2D eigenvalue weighted by molar-refractivity contribution is 5.80. The molecule has 0 radical (unpaired) electrons. The van der Waals surface area contributed by atoms with Crippen LogP contribution in [0.1, 0.15) is 26.7 Å². The fraction of sp³-hybridized carbons (Fsp3) is 0.588. The van der Waals surface area contributed by atoms with Gasteiger partial charge in [-0.25, -0.2) is 9.37 Å². The van der Waals surface area contributed by atoms with Crippen LogP contribution in [0.15, 0.2) is 23.3 Å². The molecule has 0 spiro atoms. The van der Waals surface area contributed by atoms with Crippen LogP contribution in [0.4, 0.5) is 10.2 Å². The number of carbonyl (C=O) groups is 1. The van der Waals surface area contributed by atoms with Gasteiger partial charge in [-0.2, -0.15) is 0 Å². The number of esters is 1. The minimum Gasteiger partial charge on any atom is -0.463 e. The van der Waals surface area contributed by atoms with Gasteiger partial charge in [0.25, 0.3) is 0 Å². The largest absolute Gasteiger partial charge is 0.463 e. The second-order valence-corrected chi connectivity index (χ2v) is 6.17. The topological polar surface area (TPSA) is 78.8 Å². The van der Waals surface area contributed by atoms with Crippen LogP contribution in [0.2, 0.25) is 0 Å². The number of ether oxygens (including phenoxy) is 1. The standard InChI is InChI=1S/C17H26FN5O2/c1-12(2)25-15(24)6-9-21-17(19-3)22-13-7-10-23(11-13)16-14(18)5-4-8-20-16/h4-5,8,12-13H,6-7,9-11H2,1-3H3,(H2,19,21,22). The number of anilines is 1. The van der Waals surface area contributed by atoms with Gasteiger partial charge in [-0.1, -0.05) is 0 Å². The van der Waals surface area contributed by atoms with E-state index in [1.165, 1.54) is 6.07 Å². The van der Waals surface area contributed by atoms with E-state index in [-0.39, 0.29) is 30.4 Å². The van der Waals surface area contributed by atoms with Crippen LogP contribution < -0.4 is 15.5 Å². The molecule has 0 saturated carbocycles. The van der Waals surface area contributed by atoms with Crippen LogP contribution in [-0.2, 0) is 9.53 Å². The Morgan fingerprint density at radius 3 is 3.04 bits per heavy atom. The maximum atomic E-state index is 13.8.